The number of hydrogen-bond donors (Lipinski definition) is 0. The van der Waals surface area contributed by atoms with Crippen LogP contribution in [0.1, 0.15) is 16.5 Å². The lowest BCUT2D eigenvalue weighted by atomic mass is 10.0. The number of aryl methyl sites for hydroxylation is 1. The summed E-state index contributed by atoms with van der Waals surface area (Å²) in [4.78, 5) is 11.5. The van der Waals surface area contributed by atoms with Crippen molar-refractivity contribution in [3.63, 3.8) is 0 Å². The molecule has 0 fully saturated rings. The Morgan fingerprint density at radius 3 is 2.81 bits per heavy atom. The Morgan fingerprint density at radius 1 is 1.29 bits per heavy atom. The molecule has 0 spiro atoms. The summed E-state index contributed by atoms with van der Waals surface area (Å²) in [6.45, 7) is 0. The molecule has 1 heterocycles. The molecular weight excluding hydrogens is 377 g/mol. The van der Waals surface area contributed by atoms with Crippen molar-refractivity contribution in [3.8, 4) is 0 Å². The Morgan fingerprint density at radius 2 is 2.05 bits per heavy atom. The highest BCUT2D eigenvalue weighted by molar-refractivity contribution is 9.10. The first-order valence-corrected chi connectivity index (χ1v) is 7.77. The van der Waals surface area contributed by atoms with Crippen molar-refractivity contribution in [1.29, 1.82) is 0 Å². The van der Waals surface area contributed by atoms with Gasteiger partial charge in [-0.3, -0.25) is 4.57 Å². The van der Waals surface area contributed by atoms with Gasteiger partial charge in [0.2, 0.25) is 0 Å². The zero-order valence-electron chi connectivity index (χ0n) is 10.9. The second-order valence-electron chi connectivity index (χ2n) is 4.66. The number of alkyl halides is 1. The summed E-state index contributed by atoms with van der Waals surface area (Å²) in [5.41, 5.74) is 2.86. The van der Waals surface area contributed by atoms with E-state index in [1.54, 1.807) is 13.1 Å². The van der Waals surface area contributed by atoms with E-state index in [0.717, 1.165) is 21.1 Å². The molecule has 0 aliphatic heterocycles. The molecule has 0 aliphatic carbocycles. The third kappa shape index (κ3) is 2.52. The molecule has 0 saturated heterocycles. The molecule has 3 nitrogen and oxygen atoms in total. The van der Waals surface area contributed by atoms with E-state index in [2.05, 4.69) is 15.9 Å². The molecule has 108 valence electrons. The molecule has 3 rings (SSSR count). The van der Waals surface area contributed by atoms with Crippen LogP contribution in [0.15, 0.2) is 50.1 Å². The zero-order valence-corrected chi connectivity index (χ0v) is 14.0. The van der Waals surface area contributed by atoms with Crippen molar-refractivity contribution in [2.75, 3.05) is 0 Å². The maximum Gasteiger partial charge on any atom is 0.419 e. The van der Waals surface area contributed by atoms with Gasteiger partial charge in [-0.05, 0) is 45.3 Å². The molecule has 1 atom stereocenters. The first-order chi connectivity index (χ1) is 9.99. The van der Waals surface area contributed by atoms with Crippen molar-refractivity contribution in [3.05, 3.63) is 67.6 Å². The molecule has 2 aromatic carbocycles. The van der Waals surface area contributed by atoms with Crippen LogP contribution in [0.5, 0.6) is 0 Å². The van der Waals surface area contributed by atoms with E-state index in [-0.39, 0.29) is 0 Å². The van der Waals surface area contributed by atoms with Gasteiger partial charge in [-0.25, -0.2) is 4.79 Å². The number of fused-ring (bicyclic) bond motifs is 1. The zero-order chi connectivity index (χ0) is 15.1. The molecule has 0 N–H and O–H groups in total. The lowest BCUT2D eigenvalue weighted by Gasteiger charge is -2.13. The summed E-state index contributed by atoms with van der Waals surface area (Å²) in [6, 6.07) is 11.1. The lowest BCUT2D eigenvalue weighted by Crippen LogP contribution is -2.08. The maximum absolute atomic E-state index is 11.5. The number of aromatic nitrogens is 1. The topological polar surface area (TPSA) is 35.1 Å². The Hall–Kier alpha value is -1.23. The summed E-state index contributed by atoms with van der Waals surface area (Å²) in [7, 11) is 1.66. The lowest BCUT2D eigenvalue weighted by molar-refractivity contribution is 0.528. The molecular formula is C15H10BrCl2NO2. The molecule has 0 bridgehead atoms. The first-order valence-electron chi connectivity index (χ1n) is 6.16. The van der Waals surface area contributed by atoms with E-state index in [0.29, 0.717) is 10.6 Å². The molecule has 0 amide bonds. The molecule has 1 aromatic heterocycles. The normalized spacial score (nSPS) is 12.8. The first kappa shape index (κ1) is 14.7. The van der Waals surface area contributed by atoms with Gasteiger partial charge in [0, 0.05) is 11.5 Å². The molecule has 6 heteroatoms. The van der Waals surface area contributed by atoms with Gasteiger partial charge in [0.1, 0.15) is 0 Å². The predicted octanol–water partition coefficient (Wildman–Crippen LogP) is 4.88. The van der Waals surface area contributed by atoms with Gasteiger partial charge in [-0.2, -0.15) is 0 Å². The van der Waals surface area contributed by atoms with Gasteiger partial charge < -0.3 is 4.42 Å². The number of rotatable bonds is 2. The van der Waals surface area contributed by atoms with Crippen molar-refractivity contribution in [2.45, 2.75) is 5.38 Å². The van der Waals surface area contributed by atoms with Gasteiger partial charge in [0.05, 0.1) is 15.9 Å². The highest BCUT2D eigenvalue weighted by Gasteiger charge is 2.17. The van der Waals surface area contributed by atoms with Gasteiger partial charge >= 0.3 is 5.76 Å². The molecule has 3 aromatic rings. The maximum atomic E-state index is 11.5. The minimum atomic E-state index is -0.426. The second kappa shape index (κ2) is 5.52. The SMILES string of the molecule is Cn1c(=O)oc2cc(C(Cl)c3cccc(Br)c3Cl)ccc21. The number of hydrogen-bond acceptors (Lipinski definition) is 2. The van der Waals surface area contributed by atoms with E-state index in [4.69, 9.17) is 27.6 Å². The van der Waals surface area contributed by atoms with Crippen LogP contribution < -0.4 is 5.76 Å². The largest absolute Gasteiger partial charge is 0.419 e. The van der Waals surface area contributed by atoms with Gasteiger partial charge in [0.25, 0.3) is 0 Å². The van der Waals surface area contributed by atoms with Crippen LogP contribution in [-0.4, -0.2) is 4.57 Å². The third-order valence-corrected chi connectivity index (χ3v) is 5.16. The van der Waals surface area contributed by atoms with Gasteiger partial charge in [-0.1, -0.05) is 29.8 Å². The predicted molar refractivity (Wildman–Crippen MR) is 88.3 cm³/mol. The van der Waals surface area contributed by atoms with Gasteiger partial charge in [-0.15, -0.1) is 11.6 Å². The van der Waals surface area contributed by atoms with Crippen LogP contribution in [0.25, 0.3) is 11.1 Å². The van der Waals surface area contributed by atoms with Crippen LogP contribution in [-0.2, 0) is 7.05 Å². The fourth-order valence-electron chi connectivity index (χ4n) is 2.20. The van der Waals surface area contributed by atoms with E-state index >= 15 is 0 Å². The number of halogens is 3. The van der Waals surface area contributed by atoms with Crippen LogP contribution in [0.4, 0.5) is 0 Å². The molecule has 0 radical (unpaired) electrons. The van der Waals surface area contributed by atoms with Crippen molar-refractivity contribution in [2.24, 2.45) is 7.05 Å². The van der Waals surface area contributed by atoms with E-state index < -0.39 is 11.1 Å². The monoisotopic (exact) mass is 385 g/mol. The summed E-state index contributed by atoms with van der Waals surface area (Å²) in [5, 5.41) is 0.150. The molecule has 0 aliphatic rings. The number of oxazole rings is 1. The third-order valence-electron chi connectivity index (χ3n) is 3.36. The number of benzene rings is 2. The average Bonchev–Trinajstić information content (AvgIpc) is 2.76. The van der Waals surface area contributed by atoms with Crippen molar-refractivity contribution >= 4 is 50.2 Å². The highest BCUT2D eigenvalue weighted by atomic mass is 79.9. The molecule has 0 saturated carbocycles. The molecule has 1 unspecified atom stereocenters. The fourth-order valence-corrected chi connectivity index (χ4v) is 3.19. The minimum Gasteiger partial charge on any atom is -0.408 e. The van der Waals surface area contributed by atoms with E-state index in [1.807, 2.05) is 30.3 Å². The summed E-state index contributed by atoms with van der Waals surface area (Å²) in [5.74, 6) is -0.395. The Labute approximate surface area is 139 Å². The van der Waals surface area contributed by atoms with Crippen LogP contribution in [0.2, 0.25) is 5.02 Å². The second-order valence-corrected chi connectivity index (χ2v) is 6.33. The van der Waals surface area contributed by atoms with E-state index in [1.165, 1.54) is 4.57 Å². The summed E-state index contributed by atoms with van der Waals surface area (Å²) in [6.07, 6.45) is 0. The number of nitrogens with zero attached hydrogens (tertiary/aromatic N) is 1. The Bertz CT molecular complexity index is 885. The molecule has 21 heavy (non-hydrogen) atoms. The minimum absolute atomic E-state index is 0.395. The summed E-state index contributed by atoms with van der Waals surface area (Å²) >= 11 is 16.2. The van der Waals surface area contributed by atoms with Crippen molar-refractivity contribution in [1.82, 2.24) is 4.57 Å². The Kier molecular flexibility index (Phi) is 3.86. The van der Waals surface area contributed by atoms with Crippen molar-refractivity contribution < 1.29 is 4.42 Å². The van der Waals surface area contributed by atoms with Crippen LogP contribution in [0.3, 0.4) is 0 Å². The summed E-state index contributed by atoms with van der Waals surface area (Å²) < 4.78 is 7.43. The average molecular weight is 387 g/mol. The van der Waals surface area contributed by atoms with Gasteiger partial charge in [0.15, 0.2) is 5.58 Å². The highest BCUT2D eigenvalue weighted by Crippen LogP contribution is 2.37. The van der Waals surface area contributed by atoms with Crippen LogP contribution in [0, 0.1) is 0 Å². The Balaban J connectivity index is 2.11. The fraction of sp³-hybridized carbons (Fsp3) is 0.133. The smallest absolute Gasteiger partial charge is 0.408 e. The quantitative estimate of drug-likeness (QED) is 0.588. The van der Waals surface area contributed by atoms with E-state index in [9.17, 15) is 4.79 Å². The van der Waals surface area contributed by atoms with Crippen LogP contribution >= 0.6 is 39.1 Å². The standard InChI is InChI=1S/C15H10BrCl2NO2/c1-19-11-6-5-8(7-12(11)21-15(19)20)13(17)9-3-2-4-10(16)14(9)18/h2-7,13H,1H3.